The Morgan fingerprint density at radius 3 is 2.48 bits per heavy atom. The highest BCUT2D eigenvalue weighted by Gasteiger charge is 2.23. The average molecular weight is 563 g/mol. The average Bonchev–Trinajstić information content (AvgIpc) is 3.48. The predicted molar refractivity (Wildman–Crippen MR) is 153 cm³/mol. The van der Waals surface area contributed by atoms with Gasteiger partial charge in [-0.2, -0.15) is 5.26 Å². The topological polar surface area (TPSA) is 114 Å². The molecule has 1 saturated heterocycles. The van der Waals surface area contributed by atoms with E-state index in [1.807, 2.05) is 0 Å². The minimum atomic E-state index is -0.833. The number of methoxy groups -OCH3 is 1. The van der Waals surface area contributed by atoms with Crippen molar-refractivity contribution in [2.24, 2.45) is 0 Å². The van der Waals surface area contributed by atoms with Crippen molar-refractivity contribution in [3.05, 3.63) is 81.2 Å². The standard InChI is InChI=1S/C30H31ClN4O5/c1-3-26(35-19-27(39-2)25(17-28(35)36)24-16-22(31)9-6-21(24)18-32)29(37)33-23-10-7-20(8-11-23)30(38)40-15-14-34-12-4-5-13-34/h6-11,16-17,19,26H,3-5,12-15H2,1-2H3,(H,33,37). The monoisotopic (exact) mass is 562 g/mol. The molecule has 1 fully saturated rings. The van der Waals surface area contributed by atoms with Gasteiger partial charge < -0.3 is 14.8 Å². The molecule has 0 bridgehead atoms. The first-order valence-corrected chi connectivity index (χ1v) is 13.5. The number of hydrogen-bond donors (Lipinski definition) is 1. The lowest BCUT2D eigenvalue weighted by Crippen LogP contribution is -2.32. The summed E-state index contributed by atoms with van der Waals surface area (Å²) >= 11 is 6.14. The number of hydrogen-bond acceptors (Lipinski definition) is 7. The van der Waals surface area contributed by atoms with Crippen molar-refractivity contribution in [3.8, 4) is 22.9 Å². The summed E-state index contributed by atoms with van der Waals surface area (Å²) < 4.78 is 12.2. The van der Waals surface area contributed by atoms with Crippen LogP contribution in [0.25, 0.3) is 11.1 Å². The Morgan fingerprint density at radius 2 is 1.82 bits per heavy atom. The SMILES string of the molecule is CCC(C(=O)Nc1ccc(C(=O)OCCN2CCCC2)cc1)n1cc(OC)c(-c2cc(Cl)ccc2C#N)cc1=O. The fourth-order valence-corrected chi connectivity index (χ4v) is 4.93. The quantitative estimate of drug-likeness (QED) is 0.350. The minimum Gasteiger partial charge on any atom is -0.495 e. The number of aromatic nitrogens is 1. The Kier molecular flexibility index (Phi) is 9.59. The number of amides is 1. The molecule has 2 heterocycles. The Hall–Kier alpha value is -4.13. The van der Waals surface area contributed by atoms with Crippen LogP contribution in [-0.4, -0.2) is 54.7 Å². The summed E-state index contributed by atoms with van der Waals surface area (Å²) in [6.07, 6.45) is 4.16. The molecule has 2 aromatic carbocycles. The van der Waals surface area contributed by atoms with Gasteiger partial charge in [0.05, 0.1) is 30.5 Å². The highest BCUT2D eigenvalue weighted by atomic mass is 35.5. The molecule has 1 aliphatic heterocycles. The number of pyridine rings is 1. The predicted octanol–water partition coefficient (Wildman–Crippen LogP) is 4.89. The molecule has 9 nitrogen and oxygen atoms in total. The number of nitriles is 1. The lowest BCUT2D eigenvalue weighted by atomic mass is 10.00. The molecule has 0 aliphatic carbocycles. The Bertz CT molecular complexity index is 1470. The second-order valence-electron chi connectivity index (χ2n) is 9.48. The Balaban J connectivity index is 1.47. The van der Waals surface area contributed by atoms with Gasteiger partial charge in [0.1, 0.15) is 18.4 Å². The molecule has 4 rings (SSSR count). The zero-order valence-corrected chi connectivity index (χ0v) is 23.2. The summed E-state index contributed by atoms with van der Waals surface area (Å²) in [5, 5.41) is 12.8. The maximum Gasteiger partial charge on any atom is 0.338 e. The van der Waals surface area contributed by atoms with Gasteiger partial charge in [-0.1, -0.05) is 18.5 Å². The summed E-state index contributed by atoms with van der Waals surface area (Å²) in [6.45, 7) is 4.93. The second kappa shape index (κ2) is 13.3. The summed E-state index contributed by atoms with van der Waals surface area (Å²) in [7, 11) is 1.45. The molecule has 208 valence electrons. The molecular formula is C30H31ClN4O5. The third kappa shape index (κ3) is 6.71. The van der Waals surface area contributed by atoms with Crippen LogP contribution in [0.15, 0.2) is 59.5 Å². The lowest BCUT2D eigenvalue weighted by molar-refractivity contribution is -0.119. The van der Waals surface area contributed by atoms with Crippen LogP contribution < -0.4 is 15.6 Å². The van der Waals surface area contributed by atoms with Crippen molar-refractivity contribution < 1.29 is 19.1 Å². The van der Waals surface area contributed by atoms with E-state index in [1.165, 1.54) is 36.8 Å². The van der Waals surface area contributed by atoms with E-state index in [0.29, 0.717) is 51.7 Å². The van der Waals surface area contributed by atoms with Crippen molar-refractivity contribution in [2.45, 2.75) is 32.2 Å². The number of carbonyl (C=O) groups is 2. The number of nitrogens with zero attached hydrogens (tertiary/aromatic N) is 3. The van der Waals surface area contributed by atoms with Gasteiger partial charge in [0.15, 0.2) is 0 Å². The number of esters is 1. The van der Waals surface area contributed by atoms with Gasteiger partial charge in [-0.3, -0.25) is 19.1 Å². The van der Waals surface area contributed by atoms with E-state index in [1.54, 1.807) is 49.4 Å². The fraction of sp³-hybridized carbons (Fsp3) is 0.333. The number of benzene rings is 2. The summed E-state index contributed by atoms with van der Waals surface area (Å²) in [6, 6.07) is 13.8. The smallest absolute Gasteiger partial charge is 0.338 e. The summed E-state index contributed by atoms with van der Waals surface area (Å²) in [5.41, 5.74) is 1.63. The number of carbonyl (C=O) groups excluding carboxylic acids is 2. The van der Waals surface area contributed by atoms with E-state index in [9.17, 15) is 19.6 Å². The van der Waals surface area contributed by atoms with Crippen LogP contribution in [0, 0.1) is 11.3 Å². The minimum absolute atomic E-state index is 0.317. The zero-order chi connectivity index (χ0) is 28.6. The van der Waals surface area contributed by atoms with Crippen molar-refractivity contribution in [2.75, 3.05) is 38.7 Å². The zero-order valence-electron chi connectivity index (χ0n) is 22.5. The van der Waals surface area contributed by atoms with Crippen LogP contribution in [0.3, 0.4) is 0 Å². The Labute approximate surface area is 237 Å². The van der Waals surface area contributed by atoms with Gasteiger partial charge in [0.2, 0.25) is 5.91 Å². The van der Waals surface area contributed by atoms with Gasteiger partial charge in [-0.05, 0) is 74.8 Å². The van der Waals surface area contributed by atoms with E-state index in [-0.39, 0.29) is 0 Å². The lowest BCUT2D eigenvalue weighted by Gasteiger charge is -2.20. The van der Waals surface area contributed by atoms with E-state index in [0.717, 1.165) is 19.6 Å². The third-order valence-electron chi connectivity index (χ3n) is 6.91. The number of likely N-dealkylation sites (tertiary alicyclic amines) is 1. The van der Waals surface area contributed by atoms with Gasteiger partial charge in [-0.15, -0.1) is 0 Å². The van der Waals surface area contributed by atoms with Crippen LogP contribution in [0.4, 0.5) is 5.69 Å². The van der Waals surface area contributed by atoms with Gasteiger partial charge in [0.25, 0.3) is 5.56 Å². The number of nitrogens with one attached hydrogen (secondary N) is 1. The van der Waals surface area contributed by atoms with E-state index in [4.69, 9.17) is 21.1 Å². The second-order valence-corrected chi connectivity index (χ2v) is 9.91. The van der Waals surface area contributed by atoms with Crippen LogP contribution >= 0.6 is 11.6 Å². The number of ether oxygens (including phenoxy) is 2. The molecule has 0 saturated carbocycles. The van der Waals surface area contributed by atoms with E-state index >= 15 is 0 Å². The largest absolute Gasteiger partial charge is 0.495 e. The highest BCUT2D eigenvalue weighted by molar-refractivity contribution is 6.31. The molecule has 1 aliphatic rings. The Morgan fingerprint density at radius 1 is 1.10 bits per heavy atom. The number of halogens is 1. The van der Waals surface area contributed by atoms with Gasteiger partial charge in [0, 0.05) is 34.4 Å². The molecule has 0 spiro atoms. The van der Waals surface area contributed by atoms with E-state index < -0.39 is 23.5 Å². The first-order chi connectivity index (χ1) is 19.3. The number of rotatable bonds is 10. The molecular weight excluding hydrogens is 532 g/mol. The first-order valence-electron chi connectivity index (χ1n) is 13.1. The van der Waals surface area contributed by atoms with Crippen LogP contribution in [-0.2, 0) is 9.53 Å². The maximum absolute atomic E-state index is 13.2. The van der Waals surface area contributed by atoms with Crippen molar-refractivity contribution >= 4 is 29.2 Å². The van der Waals surface area contributed by atoms with Crippen LogP contribution in [0.5, 0.6) is 5.75 Å². The van der Waals surface area contributed by atoms with Crippen molar-refractivity contribution in [1.29, 1.82) is 5.26 Å². The van der Waals surface area contributed by atoms with Crippen LogP contribution in [0.1, 0.15) is 48.1 Å². The summed E-state index contributed by atoms with van der Waals surface area (Å²) in [4.78, 5) is 41.0. The molecule has 1 aromatic heterocycles. The van der Waals surface area contributed by atoms with Gasteiger partial charge >= 0.3 is 5.97 Å². The number of anilines is 1. The first kappa shape index (κ1) is 28.9. The fourth-order valence-electron chi connectivity index (χ4n) is 4.76. The summed E-state index contributed by atoms with van der Waals surface area (Å²) in [5.74, 6) is -0.500. The maximum atomic E-state index is 13.2. The molecule has 3 aromatic rings. The van der Waals surface area contributed by atoms with Crippen molar-refractivity contribution in [3.63, 3.8) is 0 Å². The molecule has 1 unspecified atom stereocenters. The van der Waals surface area contributed by atoms with Gasteiger partial charge in [-0.25, -0.2) is 4.79 Å². The van der Waals surface area contributed by atoms with Crippen LogP contribution in [0.2, 0.25) is 5.02 Å². The molecule has 40 heavy (non-hydrogen) atoms. The molecule has 1 N–H and O–H groups in total. The molecule has 0 radical (unpaired) electrons. The van der Waals surface area contributed by atoms with E-state index in [2.05, 4.69) is 16.3 Å². The molecule has 10 heteroatoms. The molecule has 1 atom stereocenters. The normalized spacial score (nSPS) is 13.8. The third-order valence-corrected chi connectivity index (χ3v) is 7.14. The highest BCUT2D eigenvalue weighted by Crippen LogP contribution is 2.33. The van der Waals surface area contributed by atoms with Crippen molar-refractivity contribution in [1.82, 2.24) is 9.47 Å². The molecule has 1 amide bonds.